The van der Waals surface area contributed by atoms with Crippen LogP contribution in [-0.2, 0) is 4.79 Å². The number of hydrogen-bond donors (Lipinski definition) is 3. The van der Waals surface area contributed by atoms with Gasteiger partial charge < -0.3 is 16.6 Å². The lowest BCUT2D eigenvalue weighted by Crippen LogP contribution is -2.16. The lowest BCUT2D eigenvalue weighted by Gasteiger charge is -1.97. The van der Waals surface area contributed by atoms with Crippen LogP contribution in [0.3, 0.4) is 0 Å². The van der Waals surface area contributed by atoms with Crippen molar-refractivity contribution in [3.63, 3.8) is 0 Å². The molecule has 0 rings (SSSR count). The second kappa shape index (κ2) is 2.96. The quantitative estimate of drug-likeness (QED) is 0.444. The molecule has 0 radical (unpaired) electrons. The third-order valence-corrected chi connectivity index (χ3v) is 0.957. The number of carboxylic acid groups (broad SMARTS) is 1. The van der Waals surface area contributed by atoms with Gasteiger partial charge in [-0.1, -0.05) is 6.92 Å². The Labute approximate surface area is 53.1 Å². The summed E-state index contributed by atoms with van der Waals surface area (Å²) in [5.74, 6) is -1.16. The first kappa shape index (κ1) is 7.81. The van der Waals surface area contributed by atoms with Crippen LogP contribution in [0.5, 0.6) is 0 Å². The summed E-state index contributed by atoms with van der Waals surface area (Å²) in [6, 6.07) is 0. The molecule has 0 saturated heterocycles. The maximum atomic E-state index is 10.0. The van der Waals surface area contributed by atoms with Crippen molar-refractivity contribution in [2.75, 3.05) is 0 Å². The van der Waals surface area contributed by atoms with E-state index < -0.39 is 5.97 Å². The molecule has 9 heavy (non-hydrogen) atoms. The highest BCUT2D eigenvalue weighted by Gasteiger charge is 2.03. The summed E-state index contributed by atoms with van der Waals surface area (Å²) in [6.07, 6.45) is 0.470. The molecule has 0 bridgehead atoms. The maximum absolute atomic E-state index is 10.0. The van der Waals surface area contributed by atoms with E-state index in [2.05, 4.69) is 0 Å². The second-order valence-electron chi connectivity index (χ2n) is 1.60. The maximum Gasteiger partial charge on any atom is 0.353 e. The van der Waals surface area contributed by atoms with Crippen molar-refractivity contribution in [3.8, 4) is 0 Å². The van der Waals surface area contributed by atoms with Crippen LogP contribution in [-0.4, -0.2) is 11.1 Å². The summed E-state index contributed by atoms with van der Waals surface area (Å²) >= 11 is 0. The van der Waals surface area contributed by atoms with Gasteiger partial charge in [-0.25, -0.2) is 4.79 Å². The van der Waals surface area contributed by atoms with Gasteiger partial charge in [-0.3, -0.25) is 0 Å². The lowest BCUT2D eigenvalue weighted by atomic mass is 10.3. The van der Waals surface area contributed by atoms with Crippen LogP contribution in [0.4, 0.5) is 0 Å². The number of allylic oxidation sites excluding steroid dienone is 1. The fourth-order valence-electron chi connectivity index (χ4n) is 0.328. The Kier molecular flexibility index (Phi) is 2.57. The van der Waals surface area contributed by atoms with Crippen LogP contribution in [0.1, 0.15) is 13.3 Å². The fourth-order valence-corrected chi connectivity index (χ4v) is 0.328. The Morgan fingerprint density at radius 1 is 1.56 bits per heavy atom. The zero-order chi connectivity index (χ0) is 7.44. The largest absolute Gasteiger partial charge is 0.477 e. The van der Waals surface area contributed by atoms with E-state index >= 15 is 0 Å². The second-order valence-corrected chi connectivity index (χ2v) is 1.60. The predicted octanol–water partition coefficient (Wildman–Crippen LogP) is -0.390. The normalized spacial score (nSPS) is 12.6. The molecule has 0 aromatic carbocycles. The van der Waals surface area contributed by atoms with Crippen LogP contribution in [0, 0.1) is 0 Å². The zero-order valence-electron chi connectivity index (χ0n) is 5.22. The molecule has 0 aliphatic heterocycles. The van der Waals surface area contributed by atoms with Gasteiger partial charge in [0.25, 0.3) is 0 Å². The summed E-state index contributed by atoms with van der Waals surface area (Å²) < 4.78 is 0. The number of rotatable bonds is 2. The van der Waals surface area contributed by atoms with Crippen LogP contribution in [0.15, 0.2) is 11.4 Å². The van der Waals surface area contributed by atoms with E-state index in [1.807, 2.05) is 0 Å². The number of nitrogens with two attached hydrogens (primary N) is 2. The molecule has 0 aliphatic carbocycles. The smallest absolute Gasteiger partial charge is 0.353 e. The molecule has 0 spiro atoms. The molecule has 0 aromatic rings. The van der Waals surface area contributed by atoms with Crippen molar-refractivity contribution in [2.24, 2.45) is 11.5 Å². The van der Waals surface area contributed by atoms with Gasteiger partial charge in [-0.15, -0.1) is 0 Å². The molecule has 0 heterocycles. The highest BCUT2D eigenvalue weighted by molar-refractivity contribution is 5.86. The fraction of sp³-hybridized carbons (Fsp3) is 0.400. The predicted molar refractivity (Wildman–Crippen MR) is 33.3 cm³/mol. The first-order chi connectivity index (χ1) is 4.09. The number of carbonyl (C=O) groups is 1. The van der Waals surface area contributed by atoms with E-state index in [0.29, 0.717) is 6.42 Å². The molecule has 0 amide bonds. The van der Waals surface area contributed by atoms with Gasteiger partial charge >= 0.3 is 5.97 Å². The van der Waals surface area contributed by atoms with Gasteiger partial charge in [-0.2, -0.15) is 0 Å². The van der Waals surface area contributed by atoms with E-state index in [1.165, 1.54) is 0 Å². The summed E-state index contributed by atoms with van der Waals surface area (Å²) in [4.78, 5) is 10.0. The SMILES string of the molecule is CCC(N)=C(N)C(=O)O. The van der Waals surface area contributed by atoms with E-state index in [0.717, 1.165) is 0 Å². The summed E-state index contributed by atoms with van der Waals surface area (Å²) in [5.41, 5.74) is 10.2. The standard InChI is InChI=1S/C5H10N2O2/c1-2-3(6)4(7)5(8)9/h2,6-7H2,1H3,(H,8,9). The molecule has 5 N–H and O–H groups in total. The average molecular weight is 130 g/mol. The molecule has 4 heteroatoms. The van der Waals surface area contributed by atoms with E-state index in [-0.39, 0.29) is 11.4 Å². The van der Waals surface area contributed by atoms with Crippen LogP contribution < -0.4 is 11.5 Å². The average Bonchev–Trinajstić information content (AvgIpc) is 1.84. The van der Waals surface area contributed by atoms with Gasteiger partial charge in [0.05, 0.1) is 0 Å². The summed E-state index contributed by atoms with van der Waals surface area (Å²) in [5, 5.41) is 8.22. The summed E-state index contributed by atoms with van der Waals surface area (Å²) in [7, 11) is 0. The van der Waals surface area contributed by atoms with Crippen LogP contribution in [0.2, 0.25) is 0 Å². The van der Waals surface area contributed by atoms with Gasteiger partial charge in [0.2, 0.25) is 0 Å². The molecule has 0 unspecified atom stereocenters. The van der Waals surface area contributed by atoms with Crippen molar-refractivity contribution in [2.45, 2.75) is 13.3 Å². The van der Waals surface area contributed by atoms with Crippen molar-refractivity contribution in [1.82, 2.24) is 0 Å². The van der Waals surface area contributed by atoms with E-state index in [9.17, 15) is 4.79 Å². The van der Waals surface area contributed by atoms with Gasteiger partial charge in [-0.05, 0) is 6.42 Å². The molecule has 0 atom stereocenters. The Hall–Kier alpha value is -1.19. The van der Waals surface area contributed by atoms with Gasteiger partial charge in [0, 0.05) is 5.70 Å². The Balaban J connectivity index is 4.28. The topological polar surface area (TPSA) is 89.3 Å². The van der Waals surface area contributed by atoms with Crippen LogP contribution in [0.25, 0.3) is 0 Å². The van der Waals surface area contributed by atoms with Crippen LogP contribution >= 0.6 is 0 Å². The molecule has 0 aliphatic rings. The third kappa shape index (κ3) is 2.03. The Bertz CT molecular complexity index is 151. The zero-order valence-corrected chi connectivity index (χ0v) is 5.22. The number of carboxylic acids is 1. The van der Waals surface area contributed by atoms with Crippen molar-refractivity contribution >= 4 is 5.97 Å². The van der Waals surface area contributed by atoms with Crippen molar-refractivity contribution in [1.29, 1.82) is 0 Å². The summed E-state index contributed by atoms with van der Waals surface area (Å²) in [6.45, 7) is 1.74. The molecule has 4 nitrogen and oxygen atoms in total. The monoisotopic (exact) mass is 130 g/mol. The molecule has 0 fully saturated rings. The lowest BCUT2D eigenvalue weighted by molar-refractivity contribution is -0.132. The van der Waals surface area contributed by atoms with Gasteiger partial charge in [0.15, 0.2) is 0 Å². The third-order valence-electron chi connectivity index (χ3n) is 0.957. The van der Waals surface area contributed by atoms with E-state index in [1.54, 1.807) is 6.92 Å². The number of hydrogen-bond acceptors (Lipinski definition) is 3. The highest BCUT2D eigenvalue weighted by atomic mass is 16.4. The molecule has 0 aromatic heterocycles. The molecule has 52 valence electrons. The minimum Gasteiger partial charge on any atom is -0.477 e. The van der Waals surface area contributed by atoms with Crippen molar-refractivity contribution < 1.29 is 9.90 Å². The minimum atomic E-state index is -1.16. The Morgan fingerprint density at radius 2 is 2.00 bits per heavy atom. The highest BCUT2D eigenvalue weighted by Crippen LogP contribution is 1.94. The minimum absolute atomic E-state index is 0.225. The first-order valence-electron chi connectivity index (χ1n) is 2.57. The number of aliphatic carboxylic acids is 1. The van der Waals surface area contributed by atoms with Gasteiger partial charge in [0.1, 0.15) is 5.70 Å². The molecular formula is C5H10N2O2. The van der Waals surface area contributed by atoms with Crippen molar-refractivity contribution in [3.05, 3.63) is 11.4 Å². The Morgan fingerprint density at radius 3 is 2.11 bits per heavy atom. The molecular weight excluding hydrogens is 120 g/mol. The van der Waals surface area contributed by atoms with E-state index in [4.69, 9.17) is 16.6 Å². The first-order valence-corrected chi connectivity index (χ1v) is 2.57. The molecule has 0 saturated carbocycles.